The van der Waals surface area contributed by atoms with Gasteiger partial charge in [0.15, 0.2) is 0 Å². The Balaban J connectivity index is 1.51. The number of aliphatic hydroxyl groups is 1. The molecular weight excluding hydrogens is 396 g/mol. The van der Waals surface area contributed by atoms with Crippen molar-refractivity contribution in [3.05, 3.63) is 107 Å². The molecule has 0 radical (unpaired) electrons. The lowest BCUT2D eigenvalue weighted by molar-refractivity contribution is 0.174. The number of aromatic nitrogens is 3. The van der Waals surface area contributed by atoms with Gasteiger partial charge in [0.05, 0.1) is 12.6 Å². The molecule has 0 saturated carbocycles. The third-order valence-electron chi connectivity index (χ3n) is 4.80. The third kappa shape index (κ3) is 5.13. The van der Waals surface area contributed by atoms with Crippen molar-refractivity contribution in [2.75, 3.05) is 6.54 Å². The van der Waals surface area contributed by atoms with Crippen LogP contribution in [0.1, 0.15) is 22.9 Å². The normalized spacial score (nSPS) is 12.1. The molecule has 30 heavy (non-hydrogen) atoms. The van der Waals surface area contributed by atoms with E-state index in [1.165, 1.54) is 0 Å². The van der Waals surface area contributed by atoms with Gasteiger partial charge < -0.3 is 10.4 Å². The average molecular weight is 419 g/mol. The highest BCUT2D eigenvalue weighted by Gasteiger charge is 2.14. The average Bonchev–Trinajstić information content (AvgIpc) is 3.17. The van der Waals surface area contributed by atoms with Crippen LogP contribution in [0.15, 0.2) is 84.9 Å². The first-order chi connectivity index (χ1) is 14.7. The second-order valence-electron chi connectivity index (χ2n) is 7.08. The summed E-state index contributed by atoms with van der Waals surface area (Å²) in [4.78, 5) is 1.69. The van der Waals surface area contributed by atoms with E-state index in [0.29, 0.717) is 24.7 Å². The van der Waals surface area contributed by atoms with Crippen molar-refractivity contribution in [2.45, 2.75) is 19.2 Å². The fourth-order valence-electron chi connectivity index (χ4n) is 3.31. The maximum absolute atomic E-state index is 10.4. The van der Waals surface area contributed by atoms with Crippen molar-refractivity contribution in [3.63, 3.8) is 0 Å². The monoisotopic (exact) mass is 418 g/mol. The summed E-state index contributed by atoms with van der Waals surface area (Å²) in [5.41, 5.74) is 4.60. The molecule has 0 spiro atoms. The van der Waals surface area contributed by atoms with Crippen molar-refractivity contribution in [1.29, 1.82) is 0 Å². The Kier molecular flexibility index (Phi) is 6.54. The Morgan fingerprint density at radius 3 is 2.37 bits per heavy atom. The van der Waals surface area contributed by atoms with Gasteiger partial charge in [0.2, 0.25) is 0 Å². The summed E-state index contributed by atoms with van der Waals surface area (Å²) < 4.78 is 0. The van der Waals surface area contributed by atoms with Crippen molar-refractivity contribution < 1.29 is 5.11 Å². The highest BCUT2D eigenvalue weighted by molar-refractivity contribution is 6.30. The van der Waals surface area contributed by atoms with Crippen LogP contribution in [0.3, 0.4) is 0 Å². The Morgan fingerprint density at radius 2 is 1.63 bits per heavy atom. The molecule has 3 aromatic carbocycles. The minimum Gasteiger partial charge on any atom is -0.387 e. The van der Waals surface area contributed by atoms with Crippen LogP contribution in [-0.4, -0.2) is 26.6 Å². The van der Waals surface area contributed by atoms with E-state index in [1.54, 1.807) is 4.80 Å². The molecular formula is C24H23ClN4O. The molecule has 0 bridgehead atoms. The van der Waals surface area contributed by atoms with Crippen molar-refractivity contribution in [1.82, 2.24) is 20.3 Å². The predicted octanol–water partition coefficient (Wildman–Crippen LogP) is 4.47. The molecule has 0 aliphatic heterocycles. The van der Waals surface area contributed by atoms with Gasteiger partial charge in [-0.05, 0) is 23.3 Å². The minimum atomic E-state index is -0.576. The summed E-state index contributed by atoms with van der Waals surface area (Å²) >= 11 is 6.11. The molecule has 0 saturated heterocycles. The number of aliphatic hydroxyl groups excluding tert-OH is 1. The first-order valence-corrected chi connectivity index (χ1v) is 10.2. The summed E-state index contributed by atoms with van der Waals surface area (Å²) in [5, 5.41) is 23.8. The van der Waals surface area contributed by atoms with Crippen molar-refractivity contribution in [3.8, 4) is 11.3 Å². The standard InChI is InChI=1S/C24H23ClN4O/c25-21-13-7-8-18(14-21)17-29-27-22(24(28-29)20-11-5-2-6-12-20)15-26-16-23(30)19-9-3-1-4-10-19/h1-14,23,26,30H,15-17H2/t23-/m0/s1. The molecule has 0 aliphatic carbocycles. The first kappa shape index (κ1) is 20.3. The topological polar surface area (TPSA) is 63.0 Å². The summed E-state index contributed by atoms with van der Waals surface area (Å²) in [6.45, 7) is 1.47. The van der Waals surface area contributed by atoms with Gasteiger partial charge in [-0.15, -0.1) is 0 Å². The second-order valence-corrected chi connectivity index (χ2v) is 7.52. The number of halogens is 1. The number of benzene rings is 3. The Bertz CT molecular complexity index is 1080. The number of nitrogens with zero attached hydrogens (tertiary/aromatic N) is 3. The summed E-state index contributed by atoms with van der Waals surface area (Å²) in [5.74, 6) is 0. The highest BCUT2D eigenvalue weighted by Crippen LogP contribution is 2.21. The van der Waals surface area contributed by atoms with Gasteiger partial charge in [-0.1, -0.05) is 84.4 Å². The second kappa shape index (κ2) is 9.67. The molecule has 0 fully saturated rings. The van der Waals surface area contributed by atoms with Gasteiger partial charge in [0, 0.05) is 23.7 Å². The maximum atomic E-state index is 10.4. The van der Waals surface area contributed by atoms with E-state index in [2.05, 4.69) is 5.32 Å². The van der Waals surface area contributed by atoms with E-state index in [0.717, 1.165) is 28.1 Å². The Labute approximate surface area is 181 Å². The van der Waals surface area contributed by atoms with Crippen LogP contribution < -0.4 is 5.32 Å². The van der Waals surface area contributed by atoms with Crippen molar-refractivity contribution >= 4 is 11.6 Å². The molecule has 1 heterocycles. The zero-order valence-electron chi connectivity index (χ0n) is 16.4. The summed E-state index contributed by atoms with van der Waals surface area (Å²) in [7, 11) is 0. The molecule has 5 nitrogen and oxygen atoms in total. The van der Waals surface area contributed by atoms with Gasteiger partial charge in [-0.3, -0.25) is 0 Å². The number of hydrogen-bond donors (Lipinski definition) is 2. The lowest BCUT2D eigenvalue weighted by Gasteiger charge is -2.11. The van der Waals surface area contributed by atoms with E-state index >= 15 is 0 Å². The fraction of sp³-hybridized carbons (Fsp3) is 0.167. The Morgan fingerprint density at radius 1 is 0.900 bits per heavy atom. The number of rotatable bonds is 8. The molecule has 0 unspecified atom stereocenters. The lowest BCUT2D eigenvalue weighted by atomic mass is 10.1. The van der Waals surface area contributed by atoms with E-state index in [-0.39, 0.29) is 0 Å². The van der Waals surface area contributed by atoms with Gasteiger partial charge in [-0.2, -0.15) is 15.0 Å². The molecule has 4 rings (SSSR count). The van der Waals surface area contributed by atoms with Crippen LogP contribution in [0, 0.1) is 0 Å². The zero-order chi connectivity index (χ0) is 20.8. The molecule has 6 heteroatoms. The van der Waals surface area contributed by atoms with Crippen LogP contribution in [0.5, 0.6) is 0 Å². The van der Waals surface area contributed by atoms with Gasteiger partial charge >= 0.3 is 0 Å². The van der Waals surface area contributed by atoms with Gasteiger partial charge in [0.25, 0.3) is 0 Å². The summed E-state index contributed by atoms with van der Waals surface area (Å²) in [6.07, 6.45) is -0.576. The molecule has 2 N–H and O–H groups in total. The maximum Gasteiger partial charge on any atom is 0.117 e. The van der Waals surface area contributed by atoms with E-state index in [4.69, 9.17) is 21.8 Å². The molecule has 152 valence electrons. The van der Waals surface area contributed by atoms with Crippen LogP contribution in [-0.2, 0) is 13.1 Å². The van der Waals surface area contributed by atoms with Crippen LogP contribution in [0.4, 0.5) is 0 Å². The third-order valence-corrected chi connectivity index (χ3v) is 5.03. The largest absolute Gasteiger partial charge is 0.387 e. The Hall–Kier alpha value is -2.99. The van der Waals surface area contributed by atoms with E-state index < -0.39 is 6.10 Å². The molecule has 0 aliphatic rings. The lowest BCUT2D eigenvalue weighted by Crippen LogP contribution is -2.21. The molecule has 1 aromatic heterocycles. The van der Waals surface area contributed by atoms with E-state index in [1.807, 2.05) is 84.9 Å². The number of hydrogen-bond acceptors (Lipinski definition) is 4. The van der Waals surface area contributed by atoms with Crippen molar-refractivity contribution in [2.24, 2.45) is 0 Å². The first-order valence-electron chi connectivity index (χ1n) is 9.86. The minimum absolute atomic E-state index is 0.430. The quantitative estimate of drug-likeness (QED) is 0.443. The highest BCUT2D eigenvalue weighted by atomic mass is 35.5. The zero-order valence-corrected chi connectivity index (χ0v) is 17.2. The fourth-order valence-corrected chi connectivity index (χ4v) is 3.52. The van der Waals surface area contributed by atoms with Gasteiger partial charge in [0.1, 0.15) is 11.4 Å². The summed E-state index contributed by atoms with van der Waals surface area (Å²) in [6, 6.07) is 27.3. The van der Waals surface area contributed by atoms with Crippen LogP contribution >= 0.6 is 11.6 Å². The smallest absolute Gasteiger partial charge is 0.117 e. The SMILES string of the molecule is O[C@@H](CNCc1nn(Cc2cccc(Cl)c2)nc1-c1ccccc1)c1ccccc1. The molecule has 4 aromatic rings. The van der Waals surface area contributed by atoms with E-state index in [9.17, 15) is 5.11 Å². The predicted molar refractivity (Wildman–Crippen MR) is 119 cm³/mol. The molecule has 0 amide bonds. The van der Waals surface area contributed by atoms with Crippen LogP contribution in [0.25, 0.3) is 11.3 Å². The number of nitrogens with one attached hydrogen (secondary N) is 1. The molecule has 1 atom stereocenters. The van der Waals surface area contributed by atoms with Crippen LogP contribution in [0.2, 0.25) is 5.02 Å². The van der Waals surface area contributed by atoms with Gasteiger partial charge in [-0.25, -0.2) is 0 Å².